The number of carbonyl (C=O) groups excluding carboxylic acids is 4. The Morgan fingerprint density at radius 1 is 1.09 bits per heavy atom. The van der Waals surface area contributed by atoms with E-state index in [1.807, 2.05) is 0 Å². The van der Waals surface area contributed by atoms with Crippen LogP contribution in [0.15, 0.2) is 46.6 Å². The van der Waals surface area contributed by atoms with E-state index >= 15 is 0 Å². The van der Waals surface area contributed by atoms with E-state index in [1.165, 1.54) is 25.1 Å². The third kappa shape index (κ3) is 4.49. The molecule has 8 atom stereocenters. The Bertz CT molecular complexity index is 1540. The summed E-state index contributed by atoms with van der Waals surface area (Å²) in [6, 6.07) is 3.13. The number of hydrogen-bond acceptors (Lipinski definition) is 15. The van der Waals surface area contributed by atoms with Gasteiger partial charge in [-0.1, -0.05) is 19.1 Å². The molecule has 0 saturated heterocycles. The number of fused-ring (bicyclic) bond motifs is 3. The molecule has 11 N–H and O–H groups in total. The third-order valence-corrected chi connectivity index (χ3v) is 8.47. The van der Waals surface area contributed by atoms with Crippen LogP contribution >= 0.6 is 0 Å². The normalized spacial score (nSPS) is 32.0. The van der Waals surface area contributed by atoms with Crippen LogP contribution in [0.25, 0.3) is 5.76 Å². The summed E-state index contributed by atoms with van der Waals surface area (Å²) in [5, 5.41) is 89.9. The SMILES string of the molecule is C[C@H]1c2cccc(O)c2C(O)=C2C(=O)[C@]3(O)C(O)=C(C(N)=O)C(=O)[C@@H](N(C)C)[C@@H]3[C@@H](O)[C@@H]21.O=C1O[C@H]([C@@H](O)CO)C(O)=C1O. The highest BCUT2D eigenvalue weighted by Crippen LogP contribution is 2.55. The van der Waals surface area contributed by atoms with Gasteiger partial charge in [0.1, 0.15) is 28.9 Å². The Kier molecular flexibility index (Phi) is 8.27. The zero-order valence-corrected chi connectivity index (χ0v) is 23.6. The molecule has 0 bridgehead atoms. The summed E-state index contributed by atoms with van der Waals surface area (Å²) in [4.78, 5) is 50.5. The molecule has 0 radical (unpaired) electrons. The maximum atomic E-state index is 13.7. The van der Waals surface area contributed by atoms with Gasteiger partial charge in [-0.3, -0.25) is 19.3 Å². The summed E-state index contributed by atoms with van der Waals surface area (Å²) >= 11 is 0. The van der Waals surface area contributed by atoms with Crippen LogP contribution in [0.3, 0.4) is 0 Å². The van der Waals surface area contributed by atoms with Crippen LogP contribution in [0.4, 0.5) is 0 Å². The number of nitrogens with zero attached hydrogens (tertiary/aromatic N) is 1. The minimum Gasteiger partial charge on any atom is -0.508 e. The number of aliphatic hydroxyl groups is 8. The number of likely N-dealkylation sites (N-methyl/N-ethyl adjacent to an activating group) is 1. The lowest BCUT2D eigenvalue weighted by molar-refractivity contribution is -0.169. The number of primary amides is 1. The number of carbonyl (C=O) groups is 4. The van der Waals surface area contributed by atoms with Crippen LogP contribution in [-0.4, -0.2) is 125 Å². The molecule has 16 nitrogen and oxygen atoms in total. The summed E-state index contributed by atoms with van der Waals surface area (Å²) in [5.74, 6) is -11.6. The van der Waals surface area contributed by atoms with E-state index in [-0.39, 0.29) is 11.3 Å². The summed E-state index contributed by atoms with van der Waals surface area (Å²) in [7, 11) is 2.92. The number of ether oxygens (including phenoxy) is 1. The van der Waals surface area contributed by atoms with Crippen molar-refractivity contribution in [2.24, 2.45) is 17.6 Å². The predicted octanol–water partition coefficient (Wildman–Crippen LogP) is -1.91. The van der Waals surface area contributed by atoms with E-state index in [9.17, 15) is 44.7 Å². The van der Waals surface area contributed by atoms with Gasteiger partial charge in [-0.2, -0.15) is 0 Å². The maximum absolute atomic E-state index is 13.7. The standard InChI is InChI=1S/C22H24N2O8.C6H8O6/c1-7-8-5-4-6-9(25)11(8)16(26)12-10(7)17(27)14-15(24(2)3)18(28)13(21(23)31)20(30)22(14,32)19(12)29;7-1-2(8)5-3(9)4(10)6(11)12-5/h4-7,10,14-15,17,25-27,30,32H,1-3H3,(H2,23,31);2,5,7-10H,1H2/t7-,10+,14+,15-,17-,22-;2-,5+/m00/s1. The maximum Gasteiger partial charge on any atom is 0.377 e. The number of aromatic hydroxyl groups is 1. The number of nitrogens with two attached hydrogens (primary N) is 1. The second-order valence-electron chi connectivity index (χ2n) is 11.1. The van der Waals surface area contributed by atoms with Gasteiger partial charge in [0.25, 0.3) is 5.91 Å². The van der Waals surface area contributed by atoms with Gasteiger partial charge in [-0.05, 0) is 31.6 Å². The first-order chi connectivity index (χ1) is 20.4. The highest BCUT2D eigenvalue weighted by molar-refractivity contribution is 6.24. The molecule has 16 heteroatoms. The monoisotopic (exact) mass is 620 g/mol. The second kappa shape index (κ2) is 11.2. The Morgan fingerprint density at radius 2 is 1.70 bits per heavy atom. The summed E-state index contributed by atoms with van der Waals surface area (Å²) < 4.78 is 4.32. The molecule has 238 valence electrons. The lowest BCUT2D eigenvalue weighted by Crippen LogP contribution is -2.70. The van der Waals surface area contributed by atoms with Gasteiger partial charge in [0, 0.05) is 11.5 Å². The summed E-state index contributed by atoms with van der Waals surface area (Å²) in [5.41, 5.74) is 1.47. The van der Waals surface area contributed by atoms with Crippen molar-refractivity contribution in [2.45, 2.75) is 42.8 Å². The van der Waals surface area contributed by atoms with Crippen molar-refractivity contribution in [3.05, 3.63) is 57.7 Å². The van der Waals surface area contributed by atoms with Crippen LogP contribution in [0.2, 0.25) is 0 Å². The molecule has 0 unspecified atom stereocenters. The number of amides is 1. The number of phenols is 1. The van der Waals surface area contributed by atoms with Gasteiger partial charge in [0.15, 0.2) is 23.2 Å². The molecule has 1 fully saturated rings. The number of benzene rings is 1. The molecule has 1 saturated carbocycles. The number of esters is 1. The van der Waals surface area contributed by atoms with Crippen molar-refractivity contribution in [3.8, 4) is 5.75 Å². The van der Waals surface area contributed by atoms with Crippen LogP contribution in [0.5, 0.6) is 5.75 Å². The molecule has 3 aliphatic carbocycles. The minimum atomic E-state index is -2.89. The fraction of sp³-hybridized carbons (Fsp3) is 0.429. The van der Waals surface area contributed by atoms with Gasteiger partial charge in [0.2, 0.25) is 11.5 Å². The molecule has 1 heterocycles. The number of phenolic OH excluding ortho intramolecular Hbond substituents is 1. The van der Waals surface area contributed by atoms with Gasteiger partial charge in [-0.25, -0.2) is 4.79 Å². The van der Waals surface area contributed by atoms with Crippen LogP contribution < -0.4 is 5.73 Å². The topological polar surface area (TPSA) is 289 Å². The van der Waals surface area contributed by atoms with Crippen molar-refractivity contribution in [3.63, 3.8) is 0 Å². The van der Waals surface area contributed by atoms with Crippen molar-refractivity contribution in [1.82, 2.24) is 4.90 Å². The van der Waals surface area contributed by atoms with Crippen molar-refractivity contribution in [2.75, 3.05) is 20.7 Å². The highest BCUT2D eigenvalue weighted by Gasteiger charge is 2.68. The predicted molar refractivity (Wildman–Crippen MR) is 146 cm³/mol. The average molecular weight is 621 g/mol. The molecule has 4 aliphatic rings. The Morgan fingerprint density at radius 3 is 2.20 bits per heavy atom. The summed E-state index contributed by atoms with van der Waals surface area (Å²) in [6.45, 7) is 1.01. The number of rotatable bonds is 4. The number of Topliss-reactive ketones (excluding diaryl/α,β-unsaturated/α-hetero) is 2. The van der Waals surface area contributed by atoms with Crippen LogP contribution in [0, 0.1) is 11.8 Å². The third-order valence-electron chi connectivity index (χ3n) is 8.47. The lowest BCUT2D eigenvalue weighted by Gasteiger charge is -2.53. The van der Waals surface area contributed by atoms with E-state index in [0.29, 0.717) is 5.56 Å². The first-order valence-corrected chi connectivity index (χ1v) is 13.2. The molecule has 1 aromatic carbocycles. The highest BCUT2D eigenvalue weighted by atomic mass is 16.6. The molecule has 5 rings (SSSR count). The Balaban J connectivity index is 0.000000309. The average Bonchev–Trinajstić information content (AvgIpc) is 3.21. The molecular formula is C28H32N2O14. The van der Waals surface area contributed by atoms with Crippen molar-refractivity contribution in [1.29, 1.82) is 0 Å². The first kappa shape index (κ1) is 32.4. The second-order valence-corrected chi connectivity index (χ2v) is 11.1. The van der Waals surface area contributed by atoms with E-state index in [4.69, 9.17) is 26.2 Å². The summed E-state index contributed by atoms with van der Waals surface area (Å²) in [6.07, 6.45) is -4.37. The minimum absolute atomic E-state index is 0.0245. The molecular weight excluding hydrogens is 588 g/mol. The molecule has 0 spiro atoms. The van der Waals surface area contributed by atoms with E-state index in [2.05, 4.69) is 4.74 Å². The van der Waals surface area contributed by atoms with Crippen LogP contribution in [-0.2, 0) is 23.9 Å². The first-order valence-electron chi connectivity index (χ1n) is 13.2. The Labute approximate surface area is 248 Å². The van der Waals surface area contributed by atoms with E-state index in [1.54, 1.807) is 19.1 Å². The quantitative estimate of drug-likeness (QED) is 0.130. The molecule has 44 heavy (non-hydrogen) atoms. The number of ketones is 2. The number of aliphatic hydroxyl groups excluding tert-OH is 7. The van der Waals surface area contributed by atoms with Gasteiger partial charge >= 0.3 is 5.97 Å². The van der Waals surface area contributed by atoms with E-state index in [0.717, 1.165) is 0 Å². The fourth-order valence-electron chi connectivity index (χ4n) is 6.40. The number of hydrogen-bond donors (Lipinski definition) is 10. The molecule has 1 amide bonds. The van der Waals surface area contributed by atoms with Crippen molar-refractivity contribution >= 4 is 29.2 Å². The largest absolute Gasteiger partial charge is 0.508 e. The molecule has 1 aromatic rings. The zero-order valence-electron chi connectivity index (χ0n) is 23.6. The fourth-order valence-corrected chi connectivity index (χ4v) is 6.40. The number of cyclic esters (lactones) is 1. The van der Waals surface area contributed by atoms with Crippen molar-refractivity contribution < 1.29 is 69.9 Å². The Hall–Kier alpha value is -4.48. The van der Waals surface area contributed by atoms with E-state index < -0.39 is 112 Å². The van der Waals surface area contributed by atoms with Gasteiger partial charge < -0.3 is 56.4 Å². The van der Waals surface area contributed by atoms with Crippen LogP contribution in [0.1, 0.15) is 24.0 Å². The smallest absolute Gasteiger partial charge is 0.377 e. The molecule has 0 aromatic heterocycles. The molecule has 1 aliphatic heterocycles. The lowest BCUT2D eigenvalue weighted by atomic mass is 9.54. The zero-order chi connectivity index (χ0) is 33.2. The van der Waals surface area contributed by atoms with Gasteiger partial charge in [0.05, 0.1) is 30.2 Å². The van der Waals surface area contributed by atoms with Gasteiger partial charge in [-0.15, -0.1) is 0 Å².